The third-order valence-corrected chi connectivity index (χ3v) is 7.41. The minimum absolute atomic E-state index is 0.0783. The fraction of sp³-hybridized carbons (Fsp3) is 0.364. The summed E-state index contributed by atoms with van der Waals surface area (Å²) < 4.78 is 69.3. The molecule has 7 heteroatoms. The van der Waals surface area contributed by atoms with Crippen LogP contribution in [0.15, 0.2) is 65.2 Å². The zero-order valence-electron chi connectivity index (χ0n) is 15.8. The summed E-state index contributed by atoms with van der Waals surface area (Å²) in [7, 11) is -3.87. The van der Waals surface area contributed by atoms with Gasteiger partial charge >= 0.3 is 6.18 Å². The quantitative estimate of drug-likeness (QED) is 0.683. The molecular formula is C22H22F3NO2S. The number of nitrogens with one attached hydrogen (secondary N) is 1. The van der Waals surface area contributed by atoms with Crippen molar-refractivity contribution in [1.82, 2.24) is 4.72 Å². The molecule has 1 saturated carbocycles. The standard InChI is InChI=1S/C22H22F3NO2S/c23-22(24,25)19-11-5-4-10-17(19)18-14-21(12-6-7-13-21)15-20(18)26-29(27,28)16-8-2-1-3-9-16/h1-5,8-11,26H,6-7,12-15H2. The highest BCUT2D eigenvalue weighted by atomic mass is 32.2. The monoisotopic (exact) mass is 421 g/mol. The van der Waals surface area contributed by atoms with Crippen LogP contribution in [0.1, 0.15) is 49.7 Å². The molecule has 0 aromatic heterocycles. The Balaban J connectivity index is 1.80. The zero-order valence-corrected chi connectivity index (χ0v) is 16.6. The van der Waals surface area contributed by atoms with Crippen LogP contribution in [0.5, 0.6) is 0 Å². The molecule has 0 bridgehead atoms. The lowest BCUT2D eigenvalue weighted by Crippen LogP contribution is -2.24. The van der Waals surface area contributed by atoms with E-state index in [9.17, 15) is 21.6 Å². The van der Waals surface area contributed by atoms with E-state index in [4.69, 9.17) is 0 Å². The summed E-state index contributed by atoms with van der Waals surface area (Å²) in [4.78, 5) is 0.100. The Morgan fingerprint density at radius 2 is 1.48 bits per heavy atom. The largest absolute Gasteiger partial charge is 0.416 e. The molecule has 0 saturated heterocycles. The van der Waals surface area contributed by atoms with E-state index in [1.807, 2.05) is 0 Å². The minimum atomic E-state index is -4.50. The third-order valence-electron chi connectivity index (χ3n) is 6.00. The highest BCUT2D eigenvalue weighted by Crippen LogP contribution is 2.55. The van der Waals surface area contributed by atoms with E-state index < -0.39 is 21.8 Å². The fourth-order valence-corrected chi connectivity index (χ4v) is 5.83. The van der Waals surface area contributed by atoms with Gasteiger partial charge in [0.1, 0.15) is 0 Å². The molecule has 0 aliphatic heterocycles. The first-order valence-electron chi connectivity index (χ1n) is 9.67. The molecule has 0 radical (unpaired) electrons. The van der Waals surface area contributed by atoms with Crippen LogP contribution < -0.4 is 4.72 Å². The zero-order chi connectivity index (χ0) is 20.7. The minimum Gasteiger partial charge on any atom is -0.283 e. The van der Waals surface area contributed by atoms with Crippen LogP contribution in [0.4, 0.5) is 13.2 Å². The van der Waals surface area contributed by atoms with E-state index in [0.29, 0.717) is 24.1 Å². The summed E-state index contributed by atoms with van der Waals surface area (Å²) in [6, 6.07) is 13.4. The van der Waals surface area contributed by atoms with E-state index in [1.54, 1.807) is 24.3 Å². The predicted molar refractivity (Wildman–Crippen MR) is 105 cm³/mol. The fourth-order valence-electron chi connectivity index (χ4n) is 4.67. The summed E-state index contributed by atoms with van der Waals surface area (Å²) in [5.74, 6) is 0. The molecule has 0 unspecified atom stereocenters. The average Bonchev–Trinajstić information content (AvgIpc) is 3.28. The van der Waals surface area contributed by atoms with Crippen molar-refractivity contribution >= 4 is 15.6 Å². The normalized spacial score (nSPS) is 19.1. The first-order valence-corrected chi connectivity index (χ1v) is 11.2. The third kappa shape index (κ3) is 3.92. The van der Waals surface area contributed by atoms with Gasteiger partial charge in [-0.1, -0.05) is 49.2 Å². The molecule has 0 heterocycles. The van der Waals surface area contributed by atoms with Crippen molar-refractivity contribution in [3.05, 3.63) is 71.4 Å². The second kappa shape index (κ2) is 7.20. The van der Waals surface area contributed by atoms with Gasteiger partial charge in [0.15, 0.2) is 0 Å². The second-order valence-electron chi connectivity index (χ2n) is 7.98. The predicted octanol–water partition coefficient (Wildman–Crippen LogP) is 5.75. The van der Waals surface area contributed by atoms with Crippen molar-refractivity contribution < 1.29 is 21.6 Å². The van der Waals surface area contributed by atoms with Crippen molar-refractivity contribution in [1.29, 1.82) is 0 Å². The van der Waals surface area contributed by atoms with E-state index in [0.717, 1.165) is 31.7 Å². The van der Waals surface area contributed by atoms with Crippen LogP contribution >= 0.6 is 0 Å². The molecule has 29 heavy (non-hydrogen) atoms. The van der Waals surface area contributed by atoms with Gasteiger partial charge in [-0.05, 0) is 60.4 Å². The number of sulfonamides is 1. The Bertz CT molecular complexity index is 1040. The Morgan fingerprint density at radius 1 is 0.862 bits per heavy atom. The summed E-state index contributed by atoms with van der Waals surface area (Å²) in [6.07, 6.45) is 0.272. The molecule has 2 aromatic rings. The molecule has 4 rings (SSSR count). The maximum Gasteiger partial charge on any atom is 0.416 e. The topological polar surface area (TPSA) is 46.2 Å². The van der Waals surface area contributed by atoms with Crippen LogP contribution in [0.2, 0.25) is 0 Å². The molecule has 154 valence electrons. The molecule has 0 amide bonds. The van der Waals surface area contributed by atoms with Gasteiger partial charge in [-0.2, -0.15) is 13.2 Å². The maximum absolute atomic E-state index is 13.6. The van der Waals surface area contributed by atoms with Crippen LogP contribution in [0.3, 0.4) is 0 Å². The number of alkyl halides is 3. The van der Waals surface area contributed by atoms with E-state index in [2.05, 4.69) is 4.72 Å². The number of benzene rings is 2. The van der Waals surface area contributed by atoms with Crippen LogP contribution in [0, 0.1) is 5.41 Å². The molecule has 1 spiro atoms. The lowest BCUT2D eigenvalue weighted by Gasteiger charge is -2.23. The smallest absolute Gasteiger partial charge is 0.283 e. The number of rotatable bonds is 4. The lowest BCUT2D eigenvalue weighted by atomic mass is 9.81. The van der Waals surface area contributed by atoms with Gasteiger partial charge in [-0.15, -0.1) is 0 Å². The molecule has 1 fully saturated rings. The average molecular weight is 421 g/mol. The summed E-state index contributed by atoms with van der Waals surface area (Å²) in [6.45, 7) is 0. The molecule has 1 N–H and O–H groups in total. The van der Waals surface area contributed by atoms with Gasteiger partial charge in [-0.3, -0.25) is 4.72 Å². The van der Waals surface area contributed by atoms with Crippen molar-refractivity contribution in [2.24, 2.45) is 5.41 Å². The Labute approximate surface area is 168 Å². The Morgan fingerprint density at radius 3 is 2.14 bits per heavy atom. The van der Waals surface area contributed by atoms with Crippen LogP contribution in [-0.2, 0) is 16.2 Å². The van der Waals surface area contributed by atoms with Gasteiger partial charge in [0, 0.05) is 5.70 Å². The second-order valence-corrected chi connectivity index (χ2v) is 9.66. The van der Waals surface area contributed by atoms with Gasteiger partial charge in [0.05, 0.1) is 10.5 Å². The van der Waals surface area contributed by atoms with Crippen molar-refractivity contribution in [2.45, 2.75) is 49.6 Å². The Kier molecular flexibility index (Phi) is 4.97. The highest BCUT2D eigenvalue weighted by molar-refractivity contribution is 7.89. The molecule has 2 aromatic carbocycles. The van der Waals surface area contributed by atoms with E-state index >= 15 is 0 Å². The molecule has 0 atom stereocenters. The number of allylic oxidation sites excluding steroid dienone is 2. The van der Waals surface area contributed by atoms with Gasteiger partial charge < -0.3 is 0 Å². The van der Waals surface area contributed by atoms with Crippen LogP contribution in [0.25, 0.3) is 5.57 Å². The highest BCUT2D eigenvalue weighted by Gasteiger charge is 2.44. The SMILES string of the molecule is O=S(=O)(NC1=C(c2ccccc2C(F)(F)F)CC2(CCCC2)C1)c1ccccc1. The van der Waals surface area contributed by atoms with Crippen molar-refractivity contribution in [3.63, 3.8) is 0 Å². The molecular weight excluding hydrogens is 399 g/mol. The number of halogens is 3. The van der Waals surface area contributed by atoms with Gasteiger partial charge in [-0.25, -0.2) is 8.42 Å². The van der Waals surface area contributed by atoms with E-state index in [-0.39, 0.29) is 15.9 Å². The maximum atomic E-state index is 13.6. The van der Waals surface area contributed by atoms with Crippen molar-refractivity contribution in [3.8, 4) is 0 Å². The lowest BCUT2D eigenvalue weighted by molar-refractivity contribution is -0.137. The van der Waals surface area contributed by atoms with Gasteiger partial charge in [0.25, 0.3) is 10.0 Å². The molecule has 3 nitrogen and oxygen atoms in total. The Hall–Kier alpha value is -2.28. The van der Waals surface area contributed by atoms with Crippen molar-refractivity contribution in [2.75, 3.05) is 0 Å². The summed E-state index contributed by atoms with van der Waals surface area (Å²) in [5.41, 5.74) is 0.0746. The van der Waals surface area contributed by atoms with Crippen LogP contribution in [-0.4, -0.2) is 8.42 Å². The summed E-state index contributed by atoms with van der Waals surface area (Å²) >= 11 is 0. The number of hydrogen-bond donors (Lipinski definition) is 1. The molecule has 2 aliphatic rings. The molecule has 2 aliphatic carbocycles. The first kappa shape index (κ1) is 20.0. The first-order chi connectivity index (χ1) is 13.7. The number of hydrogen-bond acceptors (Lipinski definition) is 2. The van der Waals surface area contributed by atoms with E-state index in [1.165, 1.54) is 24.3 Å². The summed E-state index contributed by atoms with van der Waals surface area (Å²) in [5, 5.41) is 0. The van der Waals surface area contributed by atoms with Gasteiger partial charge in [0.2, 0.25) is 0 Å².